The van der Waals surface area contributed by atoms with Crippen molar-refractivity contribution in [2.75, 3.05) is 19.5 Å². The van der Waals surface area contributed by atoms with Crippen molar-refractivity contribution in [2.24, 2.45) is 0 Å². The molecule has 1 amide bonds. The summed E-state index contributed by atoms with van der Waals surface area (Å²) in [7, 11) is 2.98. The second-order valence-electron chi connectivity index (χ2n) is 7.45. The number of nitrogens with one attached hydrogen (secondary N) is 2. The van der Waals surface area contributed by atoms with E-state index in [1.165, 1.54) is 14.2 Å². The Bertz CT molecular complexity index is 1300. The van der Waals surface area contributed by atoms with E-state index >= 15 is 0 Å². The number of oxazole rings is 1. The smallest absolute Gasteiger partial charge is 0.264 e. The van der Waals surface area contributed by atoms with Crippen LogP contribution in [-0.2, 0) is 0 Å². The summed E-state index contributed by atoms with van der Waals surface area (Å²) in [6.45, 7) is 4.08. The van der Waals surface area contributed by atoms with Crippen LogP contribution in [0.3, 0.4) is 0 Å². The number of amides is 1. The normalized spacial score (nSPS) is 10.7. The molecule has 0 aliphatic rings. The number of methoxy groups -OCH3 is 2. The topological polar surface area (TPSA) is 85.6 Å². The van der Waals surface area contributed by atoms with Gasteiger partial charge in [0.2, 0.25) is 5.89 Å². The van der Waals surface area contributed by atoms with Gasteiger partial charge in [0.15, 0.2) is 10.7 Å². The maximum atomic E-state index is 12.8. The van der Waals surface area contributed by atoms with Crippen LogP contribution in [-0.4, -0.2) is 30.2 Å². The van der Waals surface area contributed by atoms with Crippen molar-refractivity contribution in [3.8, 4) is 23.0 Å². The van der Waals surface area contributed by atoms with Crippen molar-refractivity contribution >= 4 is 40.0 Å². The van der Waals surface area contributed by atoms with E-state index in [2.05, 4.69) is 15.6 Å². The number of fused-ring (bicyclic) bond motifs is 1. The molecule has 0 saturated carbocycles. The average molecular weight is 462 g/mol. The van der Waals surface area contributed by atoms with E-state index in [0.717, 1.165) is 27.8 Å². The molecule has 3 aromatic carbocycles. The quantitative estimate of drug-likeness (QED) is 0.392. The lowest BCUT2D eigenvalue weighted by molar-refractivity contribution is 0.0971. The van der Waals surface area contributed by atoms with E-state index in [1.807, 2.05) is 50.2 Å². The SMILES string of the molecule is COc1cccc(OC)c1C(=O)NC(=S)Nc1cccc(-c2nc3cc(C)c(C)cc3o2)c1. The molecule has 4 aromatic rings. The summed E-state index contributed by atoms with van der Waals surface area (Å²) in [5.41, 5.74) is 5.57. The number of hydrogen-bond acceptors (Lipinski definition) is 6. The summed E-state index contributed by atoms with van der Waals surface area (Å²) >= 11 is 5.35. The van der Waals surface area contributed by atoms with Crippen LogP contribution in [0.2, 0.25) is 0 Å². The van der Waals surface area contributed by atoms with Gasteiger partial charge in [0.05, 0.1) is 14.2 Å². The average Bonchev–Trinajstić information content (AvgIpc) is 3.21. The Morgan fingerprint density at radius 3 is 2.33 bits per heavy atom. The summed E-state index contributed by atoms with van der Waals surface area (Å²) in [6, 6.07) is 16.5. The second-order valence-corrected chi connectivity index (χ2v) is 7.86. The first-order chi connectivity index (χ1) is 15.9. The minimum atomic E-state index is -0.442. The Labute approximate surface area is 196 Å². The number of rotatable bonds is 5. The van der Waals surface area contributed by atoms with Crippen LogP contribution in [0, 0.1) is 13.8 Å². The number of carbonyl (C=O) groups is 1. The van der Waals surface area contributed by atoms with E-state index in [4.69, 9.17) is 26.1 Å². The molecule has 1 heterocycles. The summed E-state index contributed by atoms with van der Waals surface area (Å²) in [6.07, 6.45) is 0. The minimum absolute atomic E-state index is 0.133. The first kappa shape index (κ1) is 22.3. The molecule has 2 N–H and O–H groups in total. The number of thiocarbonyl (C=S) groups is 1. The van der Waals surface area contributed by atoms with Crippen LogP contribution < -0.4 is 20.1 Å². The zero-order valence-electron chi connectivity index (χ0n) is 18.7. The van der Waals surface area contributed by atoms with Gasteiger partial charge in [-0.3, -0.25) is 10.1 Å². The van der Waals surface area contributed by atoms with Crippen LogP contribution >= 0.6 is 12.2 Å². The lowest BCUT2D eigenvalue weighted by Crippen LogP contribution is -2.34. The maximum absolute atomic E-state index is 12.8. The van der Waals surface area contributed by atoms with E-state index in [9.17, 15) is 4.79 Å². The molecular formula is C25H23N3O4S. The second kappa shape index (κ2) is 9.30. The number of aromatic nitrogens is 1. The largest absolute Gasteiger partial charge is 0.496 e. The van der Waals surface area contributed by atoms with Crippen LogP contribution in [0.5, 0.6) is 11.5 Å². The van der Waals surface area contributed by atoms with E-state index in [0.29, 0.717) is 23.1 Å². The molecule has 0 aliphatic heterocycles. The summed E-state index contributed by atoms with van der Waals surface area (Å²) in [4.78, 5) is 17.4. The molecule has 7 nitrogen and oxygen atoms in total. The third-order valence-corrected chi connectivity index (χ3v) is 5.46. The fourth-order valence-electron chi connectivity index (χ4n) is 3.44. The van der Waals surface area contributed by atoms with E-state index in [1.54, 1.807) is 18.2 Å². The van der Waals surface area contributed by atoms with E-state index in [-0.39, 0.29) is 10.7 Å². The molecule has 168 valence electrons. The Kier molecular flexibility index (Phi) is 6.28. The number of anilines is 1. The minimum Gasteiger partial charge on any atom is -0.496 e. The first-order valence-corrected chi connectivity index (χ1v) is 10.6. The zero-order valence-corrected chi connectivity index (χ0v) is 19.5. The van der Waals surface area contributed by atoms with Crippen LogP contribution in [0.25, 0.3) is 22.6 Å². The number of benzene rings is 3. The highest BCUT2D eigenvalue weighted by Crippen LogP contribution is 2.29. The number of ether oxygens (including phenoxy) is 2. The molecule has 4 rings (SSSR count). The van der Waals surface area contributed by atoms with Crippen molar-refractivity contribution < 1.29 is 18.7 Å². The standard InChI is InChI=1S/C25H23N3O4S/c1-14-11-18-21(12-15(14)2)32-24(27-18)16-7-5-8-17(13-16)26-25(33)28-23(29)22-19(30-3)9-6-10-20(22)31-4/h5-13H,1-4H3,(H2,26,28,29,33). The highest BCUT2D eigenvalue weighted by molar-refractivity contribution is 7.80. The molecule has 0 unspecified atom stereocenters. The Morgan fingerprint density at radius 1 is 0.970 bits per heavy atom. The Hall–Kier alpha value is -3.91. The van der Waals surface area contributed by atoms with Crippen molar-refractivity contribution in [1.29, 1.82) is 0 Å². The first-order valence-electron chi connectivity index (χ1n) is 10.2. The van der Waals surface area contributed by atoms with Gasteiger partial charge < -0.3 is 19.2 Å². The van der Waals surface area contributed by atoms with Gasteiger partial charge in [-0.25, -0.2) is 4.98 Å². The van der Waals surface area contributed by atoms with Crippen LogP contribution in [0.1, 0.15) is 21.5 Å². The molecule has 0 atom stereocenters. The molecule has 0 aliphatic carbocycles. The lowest BCUT2D eigenvalue weighted by Gasteiger charge is -2.14. The molecule has 0 radical (unpaired) electrons. The van der Waals surface area contributed by atoms with Gasteiger partial charge in [-0.05, 0) is 79.7 Å². The van der Waals surface area contributed by atoms with Gasteiger partial charge in [-0.2, -0.15) is 0 Å². The van der Waals surface area contributed by atoms with Crippen LogP contribution in [0.4, 0.5) is 5.69 Å². The highest BCUT2D eigenvalue weighted by Gasteiger charge is 2.19. The molecule has 33 heavy (non-hydrogen) atoms. The summed E-state index contributed by atoms with van der Waals surface area (Å²) in [5.74, 6) is 0.839. The summed E-state index contributed by atoms with van der Waals surface area (Å²) < 4.78 is 16.5. The predicted octanol–water partition coefficient (Wildman–Crippen LogP) is 5.26. The molecule has 0 spiro atoms. The molecule has 0 fully saturated rings. The molecule has 0 bridgehead atoms. The van der Waals surface area contributed by atoms with Crippen molar-refractivity contribution in [2.45, 2.75) is 13.8 Å². The molecule has 8 heteroatoms. The Balaban J connectivity index is 1.52. The highest BCUT2D eigenvalue weighted by atomic mass is 32.1. The van der Waals surface area contributed by atoms with Crippen molar-refractivity contribution in [1.82, 2.24) is 10.3 Å². The van der Waals surface area contributed by atoms with Crippen molar-refractivity contribution in [3.63, 3.8) is 0 Å². The fraction of sp³-hybridized carbons (Fsp3) is 0.160. The van der Waals surface area contributed by atoms with Gasteiger partial charge in [0, 0.05) is 11.3 Å². The monoisotopic (exact) mass is 461 g/mol. The number of aryl methyl sites for hydroxylation is 2. The Morgan fingerprint density at radius 2 is 1.64 bits per heavy atom. The maximum Gasteiger partial charge on any atom is 0.264 e. The van der Waals surface area contributed by atoms with Gasteiger partial charge in [-0.15, -0.1) is 0 Å². The number of carbonyl (C=O) groups excluding carboxylic acids is 1. The van der Waals surface area contributed by atoms with Crippen molar-refractivity contribution in [3.05, 3.63) is 71.3 Å². The predicted molar refractivity (Wildman–Crippen MR) is 132 cm³/mol. The molecular weight excluding hydrogens is 438 g/mol. The fourth-order valence-corrected chi connectivity index (χ4v) is 3.65. The van der Waals surface area contributed by atoms with Crippen LogP contribution in [0.15, 0.2) is 59.0 Å². The third kappa shape index (κ3) is 4.65. The van der Waals surface area contributed by atoms with E-state index < -0.39 is 5.91 Å². The van der Waals surface area contributed by atoms with Gasteiger partial charge >= 0.3 is 0 Å². The number of hydrogen-bond donors (Lipinski definition) is 2. The van der Waals surface area contributed by atoms with Gasteiger partial charge in [-0.1, -0.05) is 12.1 Å². The zero-order chi connectivity index (χ0) is 23.5. The third-order valence-electron chi connectivity index (χ3n) is 5.25. The van der Waals surface area contributed by atoms with Gasteiger partial charge in [0.1, 0.15) is 22.6 Å². The summed E-state index contributed by atoms with van der Waals surface area (Å²) in [5, 5.41) is 5.83. The lowest BCUT2D eigenvalue weighted by atomic mass is 10.1. The van der Waals surface area contributed by atoms with Gasteiger partial charge in [0.25, 0.3) is 5.91 Å². The molecule has 0 saturated heterocycles. The number of nitrogens with zero attached hydrogens (tertiary/aromatic N) is 1. The molecule has 1 aromatic heterocycles.